The molecule has 30 heavy (non-hydrogen) atoms. The van der Waals surface area contributed by atoms with E-state index in [0.717, 1.165) is 67.4 Å². The van der Waals surface area contributed by atoms with Crippen LogP contribution in [0.15, 0.2) is 51.7 Å². The SMILES string of the molecule is CC1=C(c2nnc(C3=CC=CCC3)o2)N=C(c2ccc(N3CCNCC3)nc2)CN1. The maximum Gasteiger partial charge on any atom is 0.268 e. The van der Waals surface area contributed by atoms with Gasteiger partial charge < -0.3 is 20.0 Å². The van der Waals surface area contributed by atoms with Gasteiger partial charge >= 0.3 is 0 Å². The quantitative estimate of drug-likeness (QED) is 0.810. The van der Waals surface area contributed by atoms with E-state index in [9.17, 15) is 0 Å². The van der Waals surface area contributed by atoms with Gasteiger partial charge in [-0.2, -0.15) is 0 Å². The van der Waals surface area contributed by atoms with Crippen molar-refractivity contribution in [2.45, 2.75) is 19.8 Å². The van der Waals surface area contributed by atoms with Crippen molar-refractivity contribution < 1.29 is 4.42 Å². The summed E-state index contributed by atoms with van der Waals surface area (Å²) in [6.07, 6.45) is 10.00. The fourth-order valence-corrected chi connectivity index (χ4v) is 3.80. The molecular formula is C22H25N7O. The summed E-state index contributed by atoms with van der Waals surface area (Å²) in [5.74, 6) is 2.01. The average Bonchev–Trinajstić information content (AvgIpc) is 3.31. The molecule has 2 aromatic rings. The first kappa shape index (κ1) is 18.7. The van der Waals surface area contributed by atoms with Gasteiger partial charge in [0, 0.05) is 49.2 Å². The van der Waals surface area contributed by atoms with Gasteiger partial charge in [-0.15, -0.1) is 10.2 Å². The highest BCUT2D eigenvalue weighted by Crippen LogP contribution is 2.27. The maximum absolute atomic E-state index is 5.96. The summed E-state index contributed by atoms with van der Waals surface area (Å²) >= 11 is 0. The lowest BCUT2D eigenvalue weighted by Crippen LogP contribution is -2.43. The Kier molecular flexibility index (Phi) is 5.15. The Bertz CT molecular complexity index is 1040. The molecule has 5 rings (SSSR count). The monoisotopic (exact) mass is 403 g/mol. The second kappa shape index (κ2) is 8.23. The van der Waals surface area contributed by atoms with E-state index in [-0.39, 0.29) is 0 Å². The molecule has 0 amide bonds. The Hall–Kier alpha value is -3.26. The van der Waals surface area contributed by atoms with Gasteiger partial charge in [0.2, 0.25) is 5.89 Å². The standard InChI is InChI=1S/C22H25N7O/c1-15-20(22-28-27-21(30-22)16-5-3-2-4-6-16)26-18(14-24-15)17-7-8-19(25-13-17)29-11-9-23-10-12-29/h2-3,5,7-8,13,23-24H,4,6,9-12,14H2,1H3. The summed E-state index contributed by atoms with van der Waals surface area (Å²) in [4.78, 5) is 11.8. The van der Waals surface area contributed by atoms with Crippen LogP contribution in [0.1, 0.15) is 37.1 Å². The van der Waals surface area contributed by atoms with E-state index in [2.05, 4.69) is 48.9 Å². The zero-order chi connectivity index (χ0) is 20.3. The Labute approximate surface area is 175 Å². The number of rotatable bonds is 4. The topological polar surface area (TPSA) is 91.5 Å². The van der Waals surface area contributed by atoms with Crippen LogP contribution in [0.5, 0.6) is 0 Å². The van der Waals surface area contributed by atoms with Crippen LogP contribution in [0.3, 0.4) is 0 Å². The lowest BCUT2D eigenvalue weighted by atomic mass is 10.1. The predicted molar refractivity (Wildman–Crippen MR) is 117 cm³/mol. The minimum Gasteiger partial charge on any atom is -0.415 e. The van der Waals surface area contributed by atoms with E-state index in [1.807, 2.05) is 25.3 Å². The van der Waals surface area contributed by atoms with E-state index in [1.54, 1.807) is 0 Å². The second-order valence-corrected chi connectivity index (χ2v) is 7.60. The van der Waals surface area contributed by atoms with Gasteiger partial charge in [0.25, 0.3) is 5.89 Å². The number of aliphatic imine (C=N–C) groups is 1. The molecule has 8 heteroatoms. The molecule has 0 radical (unpaired) electrons. The molecule has 1 aliphatic carbocycles. The lowest BCUT2D eigenvalue weighted by Gasteiger charge is -2.28. The smallest absolute Gasteiger partial charge is 0.268 e. The zero-order valence-electron chi connectivity index (χ0n) is 17.1. The molecule has 0 bridgehead atoms. The van der Waals surface area contributed by atoms with Gasteiger partial charge in [-0.05, 0) is 31.9 Å². The van der Waals surface area contributed by atoms with Crippen molar-refractivity contribution in [3.8, 4) is 0 Å². The maximum atomic E-state index is 5.96. The molecule has 0 saturated carbocycles. The van der Waals surface area contributed by atoms with Crippen LogP contribution in [0, 0.1) is 0 Å². The Balaban J connectivity index is 1.38. The van der Waals surface area contributed by atoms with Crippen molar-refractivity contribution >= 4 is 22.8 Å². The predicted octanol–water partition coefficient (Wildman–Crippen LogP) is 2.39. The Morgan fingerprint density at radius 3 is 2.73 bits per heavy atom. The number of hydrogen-bond acceptors (Lipinski definition) is 8. The van der Waals surface area contributed by atoms with E-state index < -0.39 is 0 Å². The van der Waals surface area contributed by atoms with Crippen molar-refractivity contribution in [1.82, 2.24) is 25.8 Å². The number of pyridine rings is 1. The highest BCUT2D eigenvalue weighted by atomic mass is 16.4. The van der Waals surface area contributed by atoms with E-state index in [0.29, 0.717) is 24.0 Å². The third-order valence-corrected chi connectivity index (χ3v) is 5.56. The van der Waals surface area contributed by atoms with Crippen LogP contribution < -0.4 is 15.5 Å². The molecule has 2 N–H and O–H groups in total. The molecule has 1 fully saturated rings. The molecule has 2 aromatic heterocycles. The molecule has 154 valence electrons. The van der Waals surface area contributed by atoms with Crippen LogP contribution in [-0.2, 0) is 0 Å². The van der Waals surface area contributed by atoms with Gasteiger partial charge in [-0.25, -0.2) is 9.98 Å². The summed E-state index contributed by atoms with van der Waals surface area (Å²) in [6, 6.07) is 4.16. The number of nitrogens with zero attached hydrogens (tertiary/aromatic N) is 5. The van der Waals surface area contributed by atoms with Gasteiger partial charge in [-0.3, -0.25) is 0 Å². The minimum atomic E-state index is 0.438. The molecule has 2 aliphatic heterocycles. The van der Waals surface area contributed by atoms with Gasteiger partial charge in [0.05, 0.1) is 12.3 Å². The number of anilines is 1. The highest BCUT2D eigenvalue weighted by molar-refractivity contribution is 6.05. The molecule has 0 aromatic carbocycles. The lowest BCUT2D eigenvalue weighted by molar-refractivity contribution is 0.519. The molecular weight excluding hydrogens is 378 g/mol. The summed E-state index contributed by atoms with van der Waals surface area (Å²) in [5, 5.41) is 15.3. The van der Waals surface area contributed by atoms with Crippen molar-refractivity contribution in [3.63, 3.8) is 0 Å². The van der Waals surface area contributed by atoms with E-state index >= 15 is 0 Å². The van der Waals surface area contributed by atoms with Crippen LogP contribution in [-0.4, -0.2) is 53.6 Å². The van der Waals surface area contributed by atoms with Gasteiger partial charge in [0.1, 0.15) is 11.5 Å². The van der Waals surface area contributed by atoms with Crippen molar-refractivity contribution in [2.75, 3.05) is 37.6 Å². The highest BCUT2D eigenvalue weighted by Gasteiger charge is 2.21. The van der Waals surface area contributed by atoms with Crippen LogP contribution >= 0.6 is 0 Å². The normalized spacial score (nSPS) is 19.4. The summed E-state index contributed by atoms with van der Waals surface area (Å²) in [5.41, 5.74) is 4.58. The summed E-state index contributed by atoms with van der Waals surface area (Å²) < 4.78 is 5.96. The minimum absolute atomic E-state index is 0.438. The first-order chi connectivity index (χ1) is 14.8. The first-order valence-corrected chi connectivity index (χ1v) is 10.4. The van der Waals surface area contributed by atoms with Gasteiger partial charge in [0.15, 0.2) is 0 Å². The molecule has 3 aliphatic rings. The van der Waals surface area contributed by atoms with Crippen molar-refractivity contribution in [1.29, 1.82) is 0 Å². The van der Waals surface area contributed by atoms with Crippen LogP contribution in [0.2, 0.25) is 0 Å². The van der Waals surface area contributed by atoms with Crippen LogP contribution in [0.25, 0.3) is 11.3 Å². The van der Waals surface area contributed by atoms with E-state index in [1.165, 1.54) is 0 Å². The third kappa shape index (κ3) is 3.78. The van der Waals surface area contributed by atoms with Gasteiger partial charge in [-0.1, -0.05) is 18.2 Å². The Morgan fingerprint density at radius 2 is 1.97 bits per heavy atom. The number of piperazine rings is 1. The molecule has 0 unspecified atom stereocenters. The zero-order valence-corrected chi connectivity index (χ0v) is 17.1. The second-order valence-electron chi connectivity index (χ2n) is 7.60. The van der Waals surface area contributed by atoms with E-state index in [4.69, 9.17) is 9.41 Å². The number of nitrogens with one attached hydrogen (secondary N) is 2. The van der Waals surface area contributed by atoms with Crippen LogP contribution in [0.4, 0.5) is 5.82 Å². The number of allylic oxidation sites excluding steroid dienone is 5. The van der Waals surface area contributed by atoms with Crippen molar-refractivity contribution in [3.05, 3.63) is 59.6 Å². The molecule has 1 saturated heterocycles. The fraction of sp³-hybridized carbons (Fsp3) is 0.364. The number of hydrogen-bond donors (Lipinski definition) is 2. The molecule has 0 spiro atoms. The van der Waals surface area contributed by atoms with Crippen molar-refractivity contribution in [2.24, 2.45) is 4.99 Å². The summed E-state index contributed by atoms with van der Waals surface area (Å²) in [7, 11) is 0. The Morgan fingerprint density at radius 1 is 1.10 bits per heavy atom. The fourth-order valence-electron chi connectivity index (χ4n) is 3.80. The molecule has 8 nitrogen and oxygen atoms in total. The number of aromatic nitrogens is 3. The largest absolute Gasteiger partial charge is 0.415 e. The third-order valence-electron chi connectivity index (χ3n) is 5.56. The molecule has 4 heterocycles. The molecule has 0 atom stereocenters. The summed E-state index contributed by atoms with van der Waals surface area (Å²) in [6.45, 7) is 6.56. The average molecular weight is 403 g/mol. The first-order valence-electron chi connectivity index (χ1n) is 10.4.